The molecular formula is C14H25N3O2. The molecule has 1 unspecified atom stereocenters. The molecule has 0 aromatic heterocycles. The Morgan fingerprint density at radius 3 is 2.68 bits per heavy atom. The van der Waals surface area contributed by atoms with Crippen LogP contribution in [-0.2, 0) is 9.59 Å². The van der Waals surface area contributed by atoms with Gasteiger partial charge < -0.3 is 15.5 Å². The zero-order chi connectivity index (χ0) is 14.1. The molecular weight excluding hydrogens is 242 g/mol. The van der Waals surface area contributed by atoms with E-state index < -0.39 is 5.54 Å². The van der Waals surface area contributed by atoms with E-state index in [2.05, 4.69) is 17.6 Å². The molecule has 0 aliphatic carbocycles. The number of rotatable bonds is 2. The average Bonchev–Trinajstić information content (AvgIpc) is 2.42. The van der Waals surface area contributed by atoms with E-state index in [0.29, 0.717) is 13.1 Å². The molecule has 2 heterocycles. The molecule has 2 saturated heterocycles. The molecule has 0 saturated carbocycles. The van der Waals surface area contributed by atoms with Crippen LogP contribution in [0.2, 0.25) is 0 Å². The smallest absolute Gasteiger partial charge is 0.245 e. The van der Waals surface area contributed by atoms with Crippen LogP contribution in [0.15, 0.2) is 0 Å². The highest BCUT2D eigenvalue weighted by Gasteiger charge is 2.48. The zero-order valence-corrected chi connectivity index (χ0v) is 12.2. The Morgan fingerprint density at radius 2 is 2.11 bits per heavy atom. The number of hydrogen-bond acceptors (Lipinski definition) is 3. The first-order valence-corrected chi connectivity index (χ1v) is 7.25. The predicted molar refractivity (Wildman–Crippen MR) is 73.6 cm³/mol. The number of piperidine rings is 1. The number of carbonyl (C=O) groups excluding carboxylic acids is 2. The second-order valence-electron chi connectivity index (χ2n) is 6.19. The summed E-state index contributed by atoms with van der Waals surface area (Å²) in [5.41, 5.74) is -1.07. The van der Waals surface area contributed by atoms with Gasteiger partial charge in [0.15, 0.2) is 0 Å². The van der Waals surface area contributed by atoms with Gasteiger partial charge in [-0.15, -0.1) is 0 Å². The monoisotopic (exact) mass is 267 g/mol. The second-order valence-corrected chi connectivity index (χ2v) is 6.19. The Labute approximate surface area is 115 Å². The van der Waals surface area contributed by atoms with Crippen LogP contribution in [0.25, 0.3) is 0 Å². The fourth-order valence-electron chi connectivity index (χ4n) is 3.14. The lowest BCUT2D eigenvalue weighted by molar-refractivity contribution is -0.157. The number of carbonyl (C=O) groups is 2. The molecule has 0 spiro atoms. The fourth-order valence-corrected chi connectivity index (χ4v) is 3.14. The molecule has 0 aromatic carbocycles. The van der Waals surface area contributed by atoms with Crippen LogP contribution in [0.3, 0.4) is 0 Å². The number of hydrogen-bond donors (Lipinski definition) is 2. The third-order valence-corrected chi connectivity index (χ3v) is 4.70. The van der Waals surface area contributed by atoms with Crippen LogP contribution in [0, 0.1) is 5.41 Å². The van der Waals surface area contributed by atoms with Crippen molar-refractivity contribution in [1.29, 1.82) is 0 Å². The summed E-state index contributed by atoms with van der Waals surface area (Å²) in [6.45, 7) is 8.62. The van der Waals surface area contributed by atoms with E-state index in [1.807, 2.05) is 13.8 Å². The first-order chi connectivity index (χ1) is 8.94. The van der Waals surface area contributed by atoms with E-state index in [1.54, 1.807) is 4.90 Å². The maximum absolute atomic E-state index is 13.0. The van der Waals surface area contributed by atoms with E-state index in [4.69, 9.17) is 0 Å². The minimum Gasteiger partial charge on any atom is -0.352 e. The molecule has 108 valence electrons. The van der Waals surface area contributed by atoms with Crippen molar-refractivity contribution in [2.45, 2.75) is 45.6 Å². The molecule has 0 radical (unpaired) electrons. The summed E-state index contributed by atoms with van der Waals surface area (Å²) in [7, 11) is 0. The van der Waals surface area contributed by atoms with E-state index in [1.165, 1.54) is 0 Å². The van der Waals surface area contributed by atoms with Crippen molar-refractivity contribution in [3.05, 3.63) is 0 Å². The van der Waals surface area contributed by atoms with Gasteiger partial charge in [-0.25, -0.2) is 0 Å². The van der Waals surface area contributed by atoms with E-state index in [-0.39, 0.29) is 17.2 Å². The normalized spacial score (nSPS) is 30.9. The van der Waals surface area contributed by atoms with Crippen molar-refractivity contribution in [3.63, 3.8) is 0 Å². The number of piperazine rings is 1. The zero-order valence-electron chi connectivity index (χ0n) is 12.2. The van der Waals surface area contributed by atoms with Gasteiger partial charge in [-0.2, -0.15) is 0 Å². The molecule has 1 atom stereocenters. The maximum atomic E-state index is 13.0. The Balaban J connectivity index is 2.24. The Kier molecular flexibility index (Phi) is 3.85. The molecule has 19 heavy (non-hydrogen) atoms. The summed E-state index contributed by atoms with van der Waals surface area (Å²) in [6.07, 6.45) is 2.77. The summed E-state index contributed by atoms with van der Waals surface area (Å²) in [5, 5.41) is 6.18. The Bertz CT molecular complexity index is 373. The highest BCUT2D eigenvalue weighted by atomic mass is 16.2. The van der Waals surface area contributed by atoms with Gasteiger partial charge in [0.25, 0.3) is 0 Å². The number of nitrogens with one attached hydrogen (secondary N) is 2. The summed E-state index contributed by atoms with van der Waals surface area (Å²) in [4.78, 5) is 26.7. The topological polar surface area (TPSA) is 61.4 Å². The lowest BCUT2D eigenvalue weighted by Crippen LogP contribution is -2.66. The van der Waals surface area contributed by atoms with Crippen molar-refractivity contribution in [3.8, 4) is 0 Å². The number of amides is 2. The molecule has 2 aliphatic rings. The third-order valence-electron chi connectivity index (χ3n) is 4.70. The van der Waals surface area contributed by atoms with Gasteiger partial charge in [-0.3, -0.25) is 9.59 Å². The Morgan fingerprint density at radius 1 is 1.37 bits per heavy atom. The molecule has 2 N–H and O–H groups in total. The van der Waals surface area contributed by atoms with Crippen molar-refractivity contribution < 1.29 is 9.59 Å². The van der Waals surface area contributed by atoms with Crippen LogP contribution >= 0.6 is 0 Å². The highest BCUT2D eigenvalue weighted by Crippen LogP contribution is 2.35. The van der Waals surface area contributed by atoms with E-state index in [9.17, 15) is 9.59 Å². The lowest BCUT2D eigenvalue weighted by Gasteiger charge is -2.47. The molecule has 2 fully saturated rings. The predicted octanol–water partition coefficient (Wildman–Crippen LogP) is 0.503. The van der Waals surface area contributed by atoms with Crippen molar-refractivity contribution >= 4 is 11.8 Å². The maximum Gasteiger partial charge on any atom is 0.245 e. The van der Waals surface area contributed by atoms with Crippen LogP contribution in [0.5, 0.6) is 0 Å². The van der Waals surface area contributed by atoms with Gasteiger partial charge in [0.1, 0.15) is 5.54 Å². The van der Waals surface area contributed by atoms with Crippen molar-refractivity contribution in [2.75, 3.05) is 26.2 Å². The third kappa shape index (κ3) is 2.36. The van der Waals surface area contributed by atoms with Gasteiger partial charge in [0.05, 0.1) is 5.41 Å². The molecule has 2 aliphatic heterocycles. The van der Waals surface area contributed by atoms with Gasteiger partial charge in [0, 0.05) is 19.6 Å². The van der Waals surface area contributed by atoms with Gasteiger partial charge >= 0.3 is 0 Å². The standard InChI is InChI=1S/C14H25N3O2/c1-4-14(6-5-7-15-10-14)12(19)17-9-8-16-11(18)13(17,2)3/h15H,4-10H2,1-3H3,(H,16,18). The minimum absolute atomic E-state index is 0.0536. The average molecular weight is 267 g/mol. The minimum atomic E-state index is -0.741. The summed E-state index contributed by atoms with van der Waals surface area (Å²) in [6, 6.07) is 0. The van der Waals surface area contributed by atoms with E-state index in [0.717, 1.165) is 32.4 Å². The van der Waals surface area contributed by atoms with Crippen LogP contribution in [-0.4, -0.2) is 48.4 Å². The Hall–Kier alpha value is -1.10. The van der Waals surface area contributed by atoms with Crippen LogP contribution in [0.1, 0.15) is 40.0 Å². The second kappa shape index (κ2) is 5.12. The molecule has 2 rings (SSSR count). The first kappa shape index (κ1) is 14.3. The highest BCUT2D eigenvalue weighted by molar-refractivity contribution is 5.93. The summed E-state index contributed by atoms with van der Waals surface area (Å²) < 4.78 is 0. The summed E-state index contributed by atoms with van der Waals surface area (Å²) >= 11 is 0. The molecule has 0 aromatic rings. The van der Waals surface area contributed by atoms with Gasteiger partial charge in [0.2, 0.25) is 11.8 Å². The van der Waals surface area contributed by atoms with Crippen molar-refractivity contribution in [1.82, 2.24) is 15.5 Å². The van der Waals surface area contributed by atoms with Gasteiger partial charge in [-0.1, -0.05) is 6.92 Å². The van der Waals surface area contributed by atoms with Crippen LogP contribution < -0.4 is 10.6 Å². The quantitative estimate of drug-likeness (QED) is 0.766. The molecule has 2 amide bonds. The SMILES string of the molecule is CCC1(C(=O)N2CCNC(=O)C2(C)C)CCCNC1. The molecule has 0 bridgehead atoms. The van der Waals surface area contributed by atoms with E-state index >= 15 is 0 Å². The fraction of sp³-hybridized carbons (Fsp3) is 0.857. The van der Waals surface area contributed by atoms with Crippen molar-refractivity contribution in [2.24, 2.45) is 5.41 Å². The molecule has 5 heteroatoms. The summed E-state index contributed by atoms with van der Waals surface area (Å²) in [5.74, 6) is 0.0872. The van der Waals surface area contributed by atoms with Gasteiger partial charge in [-0.05, 0) is 39.7 Å². The lowest BCUT2D eigenvalue weighted by atomic mass is 9.76. The van der Waals surface area contributed by atoms with Crippen LogP contribution in [0.4, 0.5) is 0 Å². The first-order valence-electron chi connectivity index (χ1n) is 7.25. The largest absolute Gasteiger partial charge is 0.352 e. The molecule has 5 nitrogen and oxygen atoms in total. The number of nitrogens with zero attached hydrogens (tertiary/aromatic N) is 1.